The van der Waals surface area contributed by atoms with E-state index in [-0.39, 0.29) is 22.9 Å². The van der Waals surface area contributed by atoms with Gasteiger partial charge in [-0.2, -0.15) is 0 Å². The summed E-state index contributed by atoms with van der Waals surface area (Å²) in [4.78, 5) is 38.1. The molecule has 36 heavy (non-hydrogen) atoms. The van der Waals surface area contributed by atoms with E-state index >= 15 is 0 Å². The third kappa shape index (κ3) is 5.53. The molecule has 0 atom stereocenters. The van der Waals surface area contributed by atoms with Crippen molar-refractivity contribution in [2.24, 2.45) is 0 Å². The first-order chi connectivity index (χ1) is 17.3. The molecule has 1 fully saturated rings. The number of carbonyl (C=O) groups is 3. The molecule has 1 aliphatic heterocycles. The third-order valence-corrected chi connectivity index (χ3v) is 6.47. The van der Waals surface area contributed by atoms with Crippen LogP contribution in [0.5, 0.6) is 5.75 Å². The minimum atomic E-state index is -0.987. The first-order valence-corrected chi connectivity index (χ1v) is 12.2. The first-order valence-electron chi connectivity index (χ1n) is 11.0. The van der Waals surface area contributed by atoms with Gasteiger partial charge in [-0.1, -0.05) is 37.3 Å². The Balaban J connectivity index is 1.52. The highest BCUT2D eigenvalue weighted by Crippen LogP contribution is 2.29. The topological polar surface area (TPSA) is 95.9 Å². The van der Waals surface area contributed by atoms with E-state index in [1.165, 1.54) is 23.1 Å². The van der Waals surface area contributed by atoms with Gasteiger partial charge in [0.2, 0.25) is 0 Å². The fourth-order valence-electron chi connectivity index (χ4n) is 3.57. The number of amides is 2. The molecule has 1 heterocycles. The molecule has 4 rings (SSSR count). The van der Waals surface area contributed by atoms with E-state index in [9.17, 15) is 14.4 Å². The second-order valence-corrected chi connectivity index (χ2v) is 9.20. The number of benzene rings is 3. The number of rotatable bonds is 7. The molecule has 2 amide bonds. The molecule has 0 aromatic heterocycles. The standard InChI is InChI=1S/C27H21BrN2O5S/c1-2-16-5-10-20(11-6-16)30-25(32)21(24(31)29-27(30)36)13-18-7-12-23(22(28)14-18)35-15-17-3-8-19(9-4-17)26(33)34/h3-14H,2,15H2,1H3,(H,33,34)(H,29,31,36). The van der Waals surface area contributed by atoms with E-state index < -0.39 is 17.8 Å². The van der Waals surface area contributed by atoms with Crippen LogP contribution in [0.4, 0.5) is 5.69 Å². The van der Waals surface area contributed by atoms with Gasteiger partial charge in [-0.3, -0.25) is 19.8 Å². The van der Waals surface area contributed by atoms with Gasteiger partial charge in [-0.15, -0.1) is 0 Å². The Hall–Kier alpha value is -3.82. The van der Waals surface area contributed by atoms with Gasteiger partial charge in [0.05, 0.1) is 15.7 Å². The number of nitrogens with one attached hydrogen (secondary N) is 1. The second kappa shape index (κ2) is 10.8. The van der Waals surface area contributed by atoms with Gasteiger partial charge in [0.1, 0.15) is 17.9 Å². The highest BCUT2D eigenvalue weighted by Gasteiger charge is 2.34. The number of thiocarbonyl (C=S) groups is 1. The van der Waals surface area contributed by atoms with Gasteiger partial charge in [0.15, 0.2) is 5.11 Å². The molecule has 3 aromatic carbocycles. The Labute approximate surface area is 221 Å². The summed E-state index contributed by atoms with van der Waals surface area (Å²) in [6.45, 7) is 2.28. The normalized spacial score (nSPS) is 14.7. The van der Waals surface area contributed by atoms with Crippen molar-refractivity contribution in [2.45, 2.75) is 20.0 Å². The van der Waals surface area contributed by atoms with Crippen molar-refractivity contribution in [2.75, 3.05) is 4.90 Å². The summed E-state index contributed by atoms with van der Waals surface area (Å²) in [6, 6.07) is 19.0. The number of anilines is 1. The Morgan fingerprint density at radius 3 is 2.33 bits per heavy atom. The molecule has 0 unspecified atom stereocenters. The summed E-state index contributed by atoms with van der Waals surface area (Å²) < 4.78 is 6.46. The number of halogens is 1. The summed E-state index contributed by atoms with van der Waals surface area (Å²) in [7, 11) is 0. The van der Waals surface area contributed by atoms with Gasteiger partial charge in [-0.25, -0.2) is 4.79 Å². The predicted octanol–water partition coefficient (Wildman–Crippen LogP) is 5.12. The number of aryl methyl sites for hydroxylation is 1. The largest absolute Gasteiger partial charge is 0.488 e. The maximum absolute atomic E-state index is 13.2. The molecule has 7 nitrogen and oxygen atoms in total. The van der Waals surface area contributed by atoms with Crippen LogP contribution in [0.3, 0.4) is 0 Å². The molecule has 0 aliphatic carbocycles. The maximum Gasteiger partial charge on any atom is 0.335 e. The molecule has 3 aromatic rings. The van der Waals surface area contributed by atoms with Crippen molar-refractivity contribution in [3.05, 3.63) is 99.0 Å². The molecule has 0 spiro atoms. The van der Waals surface area contributed by atoms with Crippen LogP contribution in [0.1, 0.15) is 34.0 Å². The summed E-state index contributed by atoms with van der Waals surface area (Å²) in [5, 5.41) is 11.6. The molecule has 1 saturated heterocycles. The fourth-order valence-corrected chi connectivity index (χ4v) is 4.36. The summed E-state index contributed by atoms with van der Waals surface area (Å²) in [5.41, 5.74) is 3.30. The van der Waals surface area contributed by atoms with Crippen LogP contribution < -0.4 is 15.0 Å². The van der Waals surface area contributed by atoms with Crippen LogP contribution in [0.15, 0.2) is 76.8 Å². The Bertz CT molecular complexity index is 1380. The minimum absolute atomic E-state index is 0.0349. The quantitative estimate of drug-likeness (QED) is 0.235. The second-order valence-electron chi connectivity index (χ2n) is 7.96. The smallest absolute Gasteiger partial charge is 0.335 e. The molecule has 0 radical (unpaired) electrons. The van der Waals surface area contributed by atoms with Crippen LogP contribution in [0.25, 0.3) is 6.08 Å². The number of hydrogen-bond donors (Lipinski definition) is 2. The van der Waals surface area contributed by atoms with Crippen LogP contribution in [0, 0.1) is 0 Å². The van der Waals surface area contributed by atoms with Crippen LogP contribution in [0.2, 0.25) is 0 Å². The number of hydrogen-bond acceptors (Lipinski definition) is 5. The molecule has 9 heteroatoms. The SMILES string of the molecule is CCc1ccc(N2C(=O)C(=Cc3ccc(OCc4ccc(C(=O)O)cc4)c(Br)c3)C(=O)NC2=S)cc1. The molecule has 1 aliphatic rings. The summed E-state index contributed by atoms with van der Waals surface area (Å²) in [5.74, 6) is -1.50. The Morgan fingerprint density at radius 1 is 1.06 bits per heavy atom. The highest BCUT2D eigenvalue weighted by atomic mass is 79.9. The van der Waals surface area contributed by atoms with E-state index in [0.717, 1.165) is 17.5 Å². The summed E-state index contributed by atoms with van der Waals surface area (Å²) in [6.07, 6.45) is 2.37. The Morgan fingerprint density at radius 2 is 1.72 bits per heavy atom. The fraction of sp³-hybridized carbons (Fsp3) is 0.111. The molecular weight excluding hydrogens is 544 g/mol. The average molecular weight is 565 g/mol. The zero-order valence-electron chi connectivity index (χ0n) is 19.2. The van der Waals surface area contributed by atoms with Crippen molar-refractivity contribution < 1.29 is 24.2 Å². The Kier molecular flexibility index (Phi) is 7.61. The monoisotopic (exact) mass is 564 g/mol. The lowest BCUT2D eigenvalue weighted by atomic mass is 10.1. The van der Waals surface area contributed by atoms with E-state index in [0.29, 0.717) is 21.5 Å². The van der Waals surface area contributed by atoms with Crippen molar-refractivity contribution in [1.29, 1.82) is 0 Å². The van der Waals surface area contributed by atoms with Crippen LogP contribution in [-0.2, 0) is 22.6 Å². The van der Waals surface area contributed by atoms with Crippen molar-refractivity contribution in [3.63, 3.8) is 0 Å². The van der Waals surface area contributed by atoms with Gasteiger partial charge < -0.3 is 9.84 Å². The number of aromatic carboxylic acids is 1. The third-order valence-electron chi connectivity index (χ3n) is 5.57. The van der Waals surface area contributed by atoms with E-state index in [2.05, 4.69) is 21.2 Å². The molecule has 0 saturated carbocycles. The molecular formula is C27H21BrN2O5S. The van der Waals surface area contributed by atoms with Gasteiger partial charge in [0.25, 0.3) is 11.8 Å². The van der Waals surface area contributed by atoms with Crippen molar-refractivity contribution >= 4 is 62.8 Å². The zero-order valence-corrected chi connectivity index (χ0v) is 21.6. The van der Waals surface area contributed by atoms with E-state index in [1.807, 2.05) is 19.1 Å². The van der Waals surface area contributed by atoms with E-state index in [1.54, 1.807) is 42.5 Å². The summed E-state index contributed by atoms with van der Waals surface area (Å²) >= 11 is 8.73. The number of nitrogens with zero attached hydrogens (tertiary/aromatic N) is 1. The minimum Gasteiger partial charge on any atom is -0.488 e. The number of carbonyl (C=O) groups excluding carboxylic acids is 2. The number of carboxylic acid groups (broad SMARTS) is 1. The predicted molar refractivity (Wildman–Crippen MR) is 144 cm³/mol. The van der Waals surface area contributed by atoms with Gasteiger partial charge in [-0.05, 0) is 93.7 Å². The van der Waals surface area contributed by atoms with Crippen LogP contribution in [-0.4, -0.2) is 28.0 Å². The van der Waals surface area contributed by atoms with Crippen molar-refractivity contribution in [1.82, 2.24) is 5.32 Å². The molecule has 2 N–H and O–H groups in total. The average Bonchev–Trinajstić information content (AvgIpc) is 2.86. The number of carboxylic acids is 1. The number of ether oxygens (including phenoxy) is 1. The van der Waals surface area contributed by atoms with Gasteiger partial charge >= 0.3 is 5.97 Å². The maximum atomic E-state index is 13.2. The van der Waals surface area contributed by atoms with E-state index in [4.69, 9.17) is 22.1 Å². The lowest BCUT2D eigenvalue weighted by Gasteiger charge is -2.29. The van der Waals surface area contributed by atoms with Gasteiger partial charge in [0, 0.05) is 0 Å². The van der Waals surface area contributed by atoms with Crippen molar-refractivity contribution in [3.8, 4) is 5.75 Å². The lowest BCUT2D eigenvalue weighted by Crippen LogP contribution is -2.54. The molecule has 0 bridgehead atoms. The zero-order chi connectivity index (χ0) is 25.8. The molecule has 182 valence electrons. The van der Waals surface area contributed by atoms with Crippen LogP contribution >= 0.6 is 28.1 Å². The lowest BCUT2D eigenvalue weighted by molar-refractivity contribution is -0.122. The highest BCUT2D eigenvalue weighted by molar-refractivity contribution is 9.10. The first kappa shape index (κ1) is 25.3.